The minimum atomic E-state index is 0.0786. The molecule has 0 aliphatic rings. The van der Waals surface area contributed by atoms with Gasteiger partial charge in [-0.15, -0.1) is 0 Å². The maximum atomic E-state index is 8.50. The molecule has 21 heavy (non-hydrogen) atoms. The molecule has 0 aliphatic heterocycles. The van der Waals surface area contributed by atoms with Crippen LogP contribution in [0.15, 0.2) is 54.6 Å². The van der Waals surface area contributed by atoms with Crippen molar-refractivity contribution in [2.75, 3.05) is 11.9 Å². The zero-order chi connectivity index (χ0) is 14.9. The zero-order valence-electron chi connectivity index (χ0n) is 12.3. The molecule has 2 aromatic carbocycles. The summed E-state index contributed by atoms with van der Waals surface area (Å²) < 4.78 is 5.26. The number of nitrogens with zero attached hydrogens (tertiary/aromatic N) is 1. The lowest BCUT2D eigenvalue weighted by molar-refractivity contribution is 0.368. The van der Waals surface area contributed by atoms with Gasteiger partial charge in [-0.3, -0.25) is 0 Å². The van der Waals surface area contributed by atoms with Crippen molar-refractivity contribution in [1.82, 2.24) is 0 Å². The fraction of sp³-hybridized carbons (Fsp3) is 0.278. The van der Waals surface area contributed by atoms with Crippen LogP contribution in [0.5, 0.6) is 5.75 Å². The first-order valence-corrected chi connectivity index (χ1v) is 7.24. The lowest BCUT2D eigenvalue weighted by Gasteiger charge is -2.20. The van der Waals surface area contributed by atoms with Crippen LogP contribution in [0.25, 0.3) is 0 Å². The Kier molecular flexibility index (Phi) is 5.66. The Bertz CT molecular complexity index is 572. The van der Waals surface area contributed by atoms with Gasteiger partial charge in [-0.25, -0.2) is 0 Å². The van der Waals surface area contributed by atoms with Gasteiger partial charge in [-0.05, 0) is 36.2 Å². The molecule has 3 nitrogen and oxygen atoms in total. The minimum absolute atomic E-state index is 0.0786. The molecule has 0 aromatic heterocycles. The van der Waals surface area contributed by atoms with Gasteiger partial charge < -0.3 is 10.1 Å². The Morgan fingerprint density at radius 3 is 2.43 bits per heavy atom. The molecule has 2 aromatic rings. The molecule has 0 radical (unpaired) electrons. The van der Waals surface area contributed by atoms with E-state index in [2.05, 4.69) is 36.5 Å². The Morgan fingerprint density at radius 2 is 1.81 bits per heavy atom. The van der Waals surface area contributed by atoms with Gasteiger partial charge in [0, 0.05) is 5.69 Å². The third-order valence-electron chi connectivity index (χ3n) is 3.28. The van der Waals surface area contributed by atoms with Crippen LogP contribution in [0.4, 0.5) is 5.69 Å². The summed E-state index contributed by atoms with van der Waals surface area (Å²) in [7, 11) is 0. The monoisotopic (exact) mass is 280 g/mol. The number of hydrogen-bond acceptors (Lipinski definition) is 3. The van der Waals surface area contributed by atoms with E-state index in [9.17, 15) is 0 Å². The van der Waals surface area contributed by atoms with Crippen LogP contribution < -0.4 is 10.1 Å². The molecule has 108 valence electrons. The summed E-state index contributed by atoms with van der Waals surface area (Å²) in [6.45, 7) is 2.27. The van der Waals surface area contributed by atoms with E-state index in [4.69, 9.17) is 10.00 Å². The summed E-state index contributed by atoms with van der Waals surface area (Å²) in [5.41, 5.74) is 2.35. The molecule has 1 unspecified atom stereocenters. The van der Waals surface area contributed by atoms with Crippen molar-refractivity contribution in [2.45, 2.75) is 25.8 Å². The van der Waals surface area contributed by atoms with E-state index < -0.39 is 0 Å². The highest BCUT2D eigenvalue weighted by atomic mass is 16.5. The van der Waals surface area contributed by atoms with Crippen LogP contribution in [-0.2, 0) is 0 Å². The molecule has 0 saturated heterocycles. The summed E-state index contributed by atoms with van der Waals surface area (Å²) in [5.74, 6) is 0.717. The van der Waals surface area contributed by atoms with Crippen molar-refractivity contribution in [3.63, 3.8) is 0 Å². The van der Waals surface area contributed by atoms with Crippen LogP contribution in [0.2, 0.25) is 0 Å². The SMILES string of the molecule is CCCC(Nc1ccc(OCC#N)cc1)c1ccccc1. The molecule has 1 N–H and O–H groups in total. The maximum absolute atomic E-state index is 8.50. The minimum Gasteiger partial charge on any atom is -0.479 e. The molecule has 0 bridgehead atoms. The summed E-state index contributed by atoms with van der Waals surface area (Å²) in [4.78, 5) is 0. The topological polar surface area (TPSA) is 45.0 Å². The number of anilines is 1. The second-order valence-corrected chi connectivity index (χ2v) is 4.87. The second kappa shape index (κ2) is 7.96. The van der Waals surface area contributed by atoms with Crippen molar-refractivity contribution in [3.05, 3.63) is 60.2 Å². The highest BCUT2D eigenvalue weighted by Gasteiger charge is 2.09. The Labute approximate surface area is 126 Å². The average molecular weight is 280 g/mol. The number of rotatable bonds is 7. The number of hydrogen-bond donors (Lipinski definition) is 1. The third kappa shape index (κ3) is 4.54. The van der Waals surface area contributed by atoms with E-state index >= 15 is 0 Å². The van der Waals surface area contributed by atoms with E-state index in [0.717, 1.165) is 18.5 Å². The predicted octanol–water partition coefficient (Wildman–Crippen LogP) is 4.54. The smallest absolute Gasteiger partial charge is 0.174 e. The Hall–Kier alpha value is -2.47. The predicted molar refractivity (Wildman–Crippen MR) is 85.3 cm³/mol. The molecule has 2 rings (SSSR count). The van der Waals surface area contributed by atoms with Crippen molar-refractivity contribution >= 4 is 5.69 Å². The number of nitrogens with one attached hydrogen (secondary N) is 1. The van der Waals surface area contributed by atoms with Crippen molar-refractivity contribution in [1.29, 1.82) is 5.26 Å². The highest BCUT2D eigenvalue weighted by Crippen LogP contribution is 2.25. The first-order valence-electron chi connectivity index (χ1n) is 7.24. The van der Waals surface area contributed by atoms with Crippen molar-refractivity contribution < 1.29 is 4.74 Å². The normalized spacial score (nSPS) is 11.4. The molecule has 0 heterocycles. The lowest BCUT2D eigenvalue weighted by atomic mass is 10.0. The lowest BCUT2D eigenvalue weighted by Crippen LogP contribution is -2.10. The molecule has 0 fully saturated rings. The quantitative estimate of drug-likeness (QED) is 0.809. The molecule has 0 aliphatic carbocycles. The standard InChI is InChI=1S/C18H20N2O/c1-2-6-18(15-7-4-3-5-8-15)20-16-9-11-17(12-10-16)21-14-13-19/h3-5,7-12,18,20H,2,6,14H2,1H3. The molecular weight excluding hydrogens is 260 g/mol. The van der Waals surface area contributed by atoms with Gasteiger partial charge in [0.1, 0.15) is 11.8 Å². The van der Waals surface area contributed by atoms with Gasteiger partial charge in [0.05, 0.1) is 6.04 Å². The first kappa shape index (κ1) is 14.9. The van der Waals surface area contributed by atoms with Gasteiger partial charge in [-0.2, -0.15) is 5.26 Å². The van der Waals surface area contributed by atoms with E-state index in [1.807, 2.05) is 36.4 Å². The number of ether oxygens (including phenoxy) is 1. The molecular formula is C18H20N2O. The average Bonchev–Trinajstić information content (AvgIpc) is 2.54. The largest absolute Gasteiger partial charge is 0.479 e. The van der Waals surface area contributed by atoms with Gasteiger partial charge in [0.15, 0.2) is 6.61 Å². The van der Waals surface area contributed by atoms with E-state index in [0.29, 0.717) is 11.8 Å². The van der Waals surface area contributed by atoms with Crippen molar-refractivity contribution in [3.8, 4) is 11.8 Å². The van der Waals surface area contributed by atoms with Gasteiger partial charge >= 0.3 is 0 Å². The summed E-state index contributed by atoms with van der Waals surface area (Å²) in [5, 5.41) is 12.1. The van der Waals surface area contributed by atoms with Crippen LogP contribution >= 0.6 is 0 Å². The summed E-state index contributed by atoms with van der Waals surface area (Å²) in [6.07, 6.45) is 2.20. The van der Waals surface area contributed by atoms with Gasteiger partial charge in [-0.1, -0.05) is 43.7 Å². The fourth-order valence-electron chi connectivity index (χ4n) is 2.26. The van der Waals surface area contributed by atoms with Gasteiger partial charge in [0.2, 0.25) is 0 Å². The number of nitriles is 1. The first-order chi connectivity index (χ1) is 10.3. The summed E-state index contributed by atoms with van der Waals surface area (Å²) in [6, 6.07) is 20.5. The van der Waals surface area contributed by atoms with Crippen LogP contribution in [0.1, 0.15) is 31.4 Å². The Morgan fingerprint density at radius 1 is 1.10 bits per heavy atom. The Balaban J connectivity index is 2.05. The summed E-state index contributed by atoms with van der Waals surface area (Å²) >= 11 is 0. The van der Waals surface area contributed by atoms with E-state index in [1.165, 1.54) is 5.56 Å². The zero-order valence-corrected chi connectivity index (χ0v) is 12.3. The fourth-order valence-corrected chi connectivity index (χ4v) is 2.26. The molecule has 1 atom stereocenters. The highest BCUT2D eigenvalue weighted by molar-refractivity contribution is 5.48. The molecule has 0 saturated carbocycles. The molecule has 0 spiro atoms. The van der Waals surface area contributed by atoms with Crippen LogP contribution in [0, 0.1) is 11.3 Å². The maximum Gasteiger partial charge on any atom is 0.174 e. The van der Waals surface area contributed by atoms with Gasteiger partial charge in [0.25, 0.3) is 0 Å². The van der Waals surface area contributed by atoms with E-state index in [1.54, 1.807) is 0 Å². The second-order valence-electron chi connectivity index (χ2n) is 4.87. The van der Waals surface area contributed by atoms with E-state index in [-0.39, 0.29) is 6.61 Å². The third-order valence-corrected chi connectivity index (χ3v) is 3.28. The molecule has 3 heteroatoms. The van der Waals surface area contributed by atoms with Crippen LogP contribution in [-0.4, -0.2) is 6.61 Å². The van der Waals surface area contributed by atoms with Crippen molar-refractivity contribution in [2.24, 2.45) is 0 Å². The number of benzene rings is 2. The molecule has 0 amide bonds. The van der Waals surface area contributed by atoms with Crippen LogP contribution in [0.3, 0.4) is 0 Å².